The van der Waals surface area contributed by atoms with Gasteiger partial charge in [-0.1, -0.05) is 0 Å². The van der Waals surface area contributed by atoms with Crippen LogP contribution in [0.25, 0.3) is 22.3 Å². The number of anilines is 1. The second kappa shape index (κ2) is 7.05. The Morgan fingerprint density at radius 1 is 1.18 bits per heavy atom. The monoisotopic (exact) mass is 393 g/mol. The minimum absolute atomic E-state index is 0.224. The van der Waals surface area contributed by atoms with Crippen LogP contribution in [0, 0.1) is 13.8 Å². The van der Waals surface area contributed by atoms with E-state index in [2.05, 4.69) is 20.4 Å². The second-order valence-corrected chi connectivity index (χ2v) is 7.63. The van der Waals surface area contributed by atoms with Crippen LogP contribution in [0.4, 0.5) is 5.13 Å². The molecule has 0 atom stereocenters. The molecule has 7 nitrogen and oxygen atoms in total. The van der Waals surface area contributed by atoms with Crippen LogP contribution >= 0.6 is 11.3 Å². The van der Waals surface area contributed by atoms with Gasteiger partial charge in [0.25, 0.3) is 5.91 Å². The lowest BCUT2D eigenvalue weighted by Gasteiger charge is -2.05. The summed E-state index contributed by atoms with van der Waals surface area (Å²) in [4.78, 5) is 23.0. The zero-order chi connectivity index (χ0) is 19.8. The van der Waals surface area contributed by atoms with E-state index in [1.54, 1.807) is 24.1 Å². The van der Waals surface area contributed by atoms with Crippen LogP contribution in [0.5, 0.6) is 5.75 Å². The van der Waals surface area contributed by atoms with Crippen molar-refractivity contribution < 1.29 is 9.53 Å². The highest BCUT2D eigenvalue weighted by Gasteiger charge is 2.17. The van der Waals surface area contributed by atoms with Crippen LogP contribution in [0.2, 0.25) is 0 Å². The summed E-state index contributed by atoms with van der Waals surface area (Å²) in [6.45, 7) is 3.85. The molecule has 1 amide bonds. The smallest absolute Gasteiger partial charge is 0.258 e. The normalized spacial score (nSPS) is 11.0. The molecule has 0 fully saturated rings. The number of nitrogens with one attached hydrogen (secondary N) is 1. The predicted octanol–water partition coefficient (Wildman–Crippen LogP) is 3.97. The average Bonchev–Trinajstić information content (AvgIpc) is 3.24. The number of methoxy groups -OCH3 is 1. The maximum atomic E-state index is 12.9. The molecule has 3 aromatic heterocycles. The number of aryl methyl sites for hydroxylation is 3. The summed E-state index contributed by atoms with van der Waals surface area (Å²) < 4.78 is 6.86. The molecule has 4 aromatic rings. The minimum Gasteiger partial charge on any atom is -0.497 e. The Kier molecular flexibility index (Phi) is 4.56. The number of carbonyl (C=O) groups excluding carboxylic acids is 1. The van der Waals surface area contributed by atoms with Gasteiger partial charge in [-0.25, -0.2) is 9.97 Å². The summed E-state index contributed by atoms with van der Waals surface area (Å²) in [5.41, 5.74) is 3.80. The molecule has 1 N–H and O–H groups in total. The number of carbonyl (C=O) groups is 1. The van der Waals surface area contributed by atoms with Gasteiger partial charge in [0.05, 0.1) is 30.0 Å². The van der Waals surface area contributed by atoms with Gasteiger partial charge >= 0.3 is 0 Å². The fourth-order valence-corrected chi connectivity index (χ4v) is 3.89. The van der Waals surface area contributed by atoms with Gasteiger partial charge in [-0.15, -0.1) is 11.3 Å². The first-order valence-corrected chi connectivity index (χ1v) is 9.50. The van der Waals surface area contributed by atoms with Crippen molar-refractivity contribution in [1.29, 1.82) is 0 Å². The Balaban J connectivity index is 1.64. The first-order valence-electron chi connectivity index (χ1n) is 8.69. The fraction of sp³-hybridized carbons (Fsp3) is 0.200. The van der Waals surface area contributed by atoms with E-state index in [9.17, 15) is 4.79 Å². The number of rotatable bonds is 4. The van der Waals surface area contributed by atoms with Crippen LogP contribution in [0.15, 0.2) is 36.5 Å². The Labute approximate surface area is 166 Å². The van der Waals surface area contributed by atoms with Crippen molar-refractivity contribution in [3.05, 3.63) is 52.7 Å². The van der Waals surface area contributed by atoms with E-state index in [-0.39, 0.29) is 5.91 Å². The SMILES string of the molecule is COc1ccc(-c2nc(NC(=O)c3cc(C)nc4c3cnn4C)sc2C)cc1. The van der Waals surface area contributed by atoms with E-state index in [4.69, 9.17) is 4.74 Å². The van der Waals surface area contributed by atoms with Crippen LogP contribution < -0.4 is 10.1 Å². The first kappa shape index (κ1) is 18.1. The third kappa shape index (κ3) is 3.22. The molecule has 3 heterocycles. The van der Waals surface area contributed by atoms with Crippen molar-refractivity contribution >= 4 is 33.4 Å². The Morgan fingerprint density at radius 2 is 1.93 bits per heavy atom. The number of thiazole rings is 1. The molecule has 8 heteroatoms. The number of hydrogen-bond donors (Lipinski definition) is 1. The van der Waals surface area contributed by atoms with Crippen LogP contribution in [0.3, 0.4) is 0 Å². The van der Waals surface area contributed by atoms with E-state index in [1.807, 2.05) is 45.2 Å². The van der Waals surface area contributed by atoms with Crippen molar-refractivity contribution in [2.24, 2.45) is 7.05 Å². The van der Waals surface area contributed by atoms with Gasteiger partial charge in [-0.05, 0) is 44.2 Å². The van der Waals surface area contributed by atoms with Gasteiger partial charge in [0.1, 0.15) is 5.75 Å². The summed E-state index contributed by atoms with van der Waals surface area (Å²) in [6.07, 6.45) is 1.66. The van der Waals surface area contributed by atoms with Crippen molar-refractivity contribution in [3.63, 3.8) is 0 Å². The van der Waals surface area contributed by atoms with E-state index >= 15 is 0 Å². The number of nitrogens with zero attached hydrogens (tertiary/aromatic N) is 4. The molecule has 1 aromatic carbocycles. The van der Waals surface area contributed by atoms with Gasteiger partial charge in [0.2, 0.25) is 0 Å². The standard InChI is InChI=1S/C20H19N5O2S/c1-11-9-15(16-10-21-25(3)18(16)22-11)19(26)24-20-23-17(12(2)28-20)13-5-7-14(27-4)8-6-13/h5-10H,1-4H3,(H,23,24,26). The molecule has 0 bridgehead atoms. The van der Waals surface area contributed by atoms with Crippen molar-refractivity contribution in [3.8, 4) is 17.0 Å². The molecule has 0 aliphatic rings. The maximum Gasteiger partial charge on any atom is 0.258 e. The Hall–Kier alpha value is -3.26. The summed E-state index contributed by atoms with van der Waals surface area (Å²) in [7, 11) is 3.44. The molecule has 0 radical (unpaired) electrons. The largest absolute Gasteiger partial charge is 0.497 e. The number of pyridine rings is 1. The van der Waals surface area contributed by atoms with Crippen LogP contribution in [0.1, 0.15) is 20.9 Å². The lowest BCUT2D eigenvalue weighted by molar-refractivity contribution is 0.102. The molecule has 142 valence electrons. The third-order valence-electron chi connectivity index (χ3n) is 4.46. The molecule has 0 unspecified atom stereocenters. The lowest BCUT2D eigenvalue weighted by atomic mass is 10.1. The number of ether oxygens (including phenoxy) is 1. The van der Waals surface area contributed by atoms with E-state index < -0.39 is 0 Å². The number of fused-ring (bicyclic) bond motifs is 1. The molecular weight excluding hydrogens is 374 g/mol. The molecular formula is C20H19N5O2S. The summed E-state index contributed by atoms with van der Waals surface area (Å²) in [5.74, 6) is 0.567. The van der Waals surface area contributed by atoms with Gasteiger partial charge in [-0.2, -0.15) is 5.10 Å². The van der Waals surface area contributed by atoms with E-state index in [0.29, 0.717) is 21.7 Å². The van der Waals surface area contributed by atoms with Gasteiger partial charge < -0.3 is 4.74 Å². The maximum absolute atomic E-state index is 12.9. The van der Waals surface area contributed by atoms with Crippen molar-refractivity contribution in [2.75, 3.05) is 12.4 Å². The lowest BCUT2D eigenvalue weighted by Crippen LogP contribution is -2.13. The minimum atomic E-state index is -0.224. The highest BCUT2D eigenvalue weighted by Crippen LogP contribution is 2.32. The van der Waals surface area contributed by atoms with Crippen molar-refractivity contribution in [2.45, 2.75) is 13.8 Å². The van der Waals surface area contributed by atoms with Crippen molar-refractivity contribution in [1.82, 2.24) is 19.7 Å². The third-order valence-corrected chi connectivity index (χ3v) is 5.34. The number of aromatic nitrogens is 4. The topological polar surface area (TPSA) is 81.9 Å². The molecule has 4 rings (SSSR count). The van der Waals surface area contributed by atoms with Gasteiger partial charge in [0, 0.05) is 23.2 Å². The predicted molar refractivity (Wildman–Crippen MR) is 110 cm³/mol. The zero-order valence-corrected chi connectivity index (χ0v) is 16.8. The number of hydrogen-bond acceptors (Lipinski definition) is 6. The fourth-order valence-electron chi connectivity index (χ4n) is 3.06. The highest BCUT2D eigenvalue weighted by molar-refractivity contribution is 7.16. The zero-order valence-electron chi connectivity index (χ0n) is 16.0. The molecule has 0 spiro atoms. The summed E-state index contributed by atoms with van der Waals surface area (Å²) in [5, 5.41) is 8.40. The summed E-state index contributed by atoms with van der Waals surface area (Å²) >= 11 is 1.45. The number of amides is 1. The van der Waals surface area contributed by atoms with Gasteiger partial charge in [-0.3, -0.25) is 14.8 Å². The molecule has 28 heavy (non-hydrogen) atoms. The average molecular weight is 393 g/mol. The van der Waals surface area contributed by atoms with E-state index in [0.717, 1.165) is 27.6 Å². The van der Waals surface area contributed by atoms with Gasteiger partial charge in [0.15, 0.2) is 10.8 Å². The second-order valence-electron chi connectivity index (χ2n) is 6.42. The Morgan fingerprint density at radius 3 is 2.64 bits per heavy atom. The van der Waals surface area contributed by atoms with Crippen LogP contribution in [-0.4, -0.2) is 32.8 Å². The van der Waals surface area contributed by atoms with E-state index in [1.165, 1.54) is 11.3 Å². The molecule has 0 aliphatic carbocycles. The Bertz CT molecular complexity index is 1180. The first-order chi connectivity index (χ1) is 13.5. The van der Waals surface area contributed by atoms with Crippen LogP contribution in [-0.2, 0) is 7.05 Å². The quantitative estimate of drug-likeness (QED) is 0.567. The summed E-state index contributed by atoms with van der Waals surface area (Å²) in [6, 6.07) is 9.47. The molecule has 0 saturated heterocycles. The number of benzene rings is 1. The highest BCUT2D eigenvalue weighted by atomic mass is 32.1. The molecule has 0 aliphatic heterocycles. The molecule has 0 saturated carbocycles.